The van der Waals surface area contributed by atoms with Crippen molar-refractivity contribution in [1.29, 1.82) is 5.26 Å². The maximum atomic E-state index is 12.2. The van der Waals surface area contributed by atoms with Crippen LogP contribution >= 0.6 is 0 Å². The second-order valence-corrected chi connectivity index (χ2v) is 7.88. The lowest BCUT2D eigenvalue weighted by molar-refractivity contribution is 0.100. The topological polar surface area (TPSA) is 123 Å². The zero-order valence-corrected chi connectivity index (χ0v) is 18.0. The number of carbonyl (C=O) groups excluding carboxylic acids is 1. The summed E-state index contributed by atoms with van der Waals surface area (Å²) in [6.07, 6.45) is 4.83. The predicted molar refractivity (Wildman–Crippen MR) is 122 cm³/mol. The fraction of sp³-hybridized carbons (Fsp3) is 0.292. The highest BCUT2D eigenvalue weighted by Crippen LogP contribution is 2.33. The van der Waals surface area contributed by atoms with E-state index in [2.05, 4.69) is 18.2 Å². The molecule has 0 bridgehead atoms. The average molecular weight is 431 g/mol. The van der Waals surface area contributed by atoms with Gasteiger partial charge in [-0.2, -0.15) is 10.4 Å². The Labute approximate surface area is 187 Å². The Hall–Kier alpha value is -3.99. The number of ether oxygens (including phenoxy) is 1. The Kier molecular flexibility index (Phi) is 5.99. The number of likely N-dealkylation sites (tertiary alicyclic amines) is 1. The van der Waals surface area contributed by atoms with Crippen molar-refractivity contribution in [2.24, 2.45) is 5.73 Å². The number of aryl methyl sites for hydroxylation is 1. The molecular weight excluding hydrogens is 404 g/mol. The molecule has 1 aliphatic heterocycles. The molecule has 0 aliphatic carbocycles. The highest BCUT2D eigenvalue weighted by molar-refractivity contribution is 6.03. The summed E-state index contributed by atoms with van der Waals surface area (Å²) in [5.74, 6) is 1.02. The molecule has 2 heterocycles. The molecule has 2 aromatic carbocycles. The Morgan fingerprint density at radius 2 is 1.84 bits per heavy atom. The quantitative estimate of drug-likeness (QED) is 0.575. The molecule has 8 nitrogen and oxygen atoms in total. The maximum Gasteiger partial charge on any atom is 0.254 e. The number of anilines is 1. The van der Waals surface area contributed by atoms with Gasteiger partial charge in [0.1, 0.15) is 28.6 Å². The first-order valence-corrected chi connectivity index (χ1v) is 10.7. The zero-order chi connectivity index (χ0) is 22.7. The molecular formula is C24H26N6O2. The van der Waals surface area contributed by atoms with Crippen molar-refractivity contribution in [2.75, 3.05) is 18.8 Å². The molecule has 0 spiro atoms. The third-order valence-corrected chi connectivity index (χ3v) is 5.77. The third kappa shape index (κ3) is 4.23. The van der Waals surface area contributed by atoms with Crippen molar-refractivity contribution in [1.82, 2.24) is 14.7 Å². The van der Waals surface area contributed by atoms with E-state index in [4.69, 9.17) is 16.2 Å². The fourth-order valence-electron chi connectivity index (χ4n) is 4.03. The van der Waals surface area contributed by atoms with Crippen LogP contribution in [0.15, 0.2) is 48.5 Å². The highest BCUT2D eigenvalue weighted by atomic mass is 16.5. The van der Waals surface area contributed by atoms with E-state index in [0.29, 0.717) is 30.1 Å². The largest absolute Gasteiger partial charge is 0.457 e. The van der Waals surface area contributed by atoms with Crippen molar-refractivity contribution in [3.63, 3.8) is 0 Å². The van der Waals surface area contributed by atoms with E-state index in [9.17, 15) is 10.1 Å². The number of nitrogens with two attached hydrogens (primary N) is 2. The molecule has 1 aliphatic rings. The number of rotatable bonds is 6. The van der Waals surface area contributed by atoms with E-state index < -0.39 is 5.91 Å². The Bertz CT molecular complexity index is 1140. The summed E-state index contributed by atoms with van der Waals surface area (Å²) in [4.78, 5) is 13.9. The van der Waals surface area contributed by atoms with Gasteiger partial charge in [-0.1, -0.05) is 19.1 Å². The molecule has 3 aromatic rings. The molecule has 32 heavy (non-hydrogen) atoms. The molecule has 0 radical (unpaired) electrons. The Morgan fingerprint density at radius 3 is 2.44 bits per heavy atom. The number of nitrogens with zero attached hydrogens (tertiary/aromatic N) is 4. The lowest BCUT2D eigenvalue weighted by Crippen LogP contribution is -2.34. The number of hydrogen-bond donors (Lipinski definition) is 2. The standard InChI is InChI=1S/C24H26N6O2/c1-2-16-5-9-19(10-6-16)32-20-11-7-17(8-12-20)22-21(24(27)31)23(26)30(28-22)18-4-3-13-29(14-18)15-25/h5-12,18H,2-4,13-14,26H2,1H3,(H2,27,31)/t18-/m0/s1. The second kappa shape index (κ2) is 9.02. The van der Waals surface area contributed by atoms with Crippen LogP contribution in [0.25, 0.3) is 11.3 Å². The minimum atomic E-state index is -0.631. The molecule has 8 heteroatoms. The van der Waals surface area contributed by atoms with Crippen molar-refractivity contribution >= 4 is 11.7 Å². The number of carbonyl (C=O) groups is 1. The molecule has 1 aromatic heterocycles. The number of amides is 1. The summed E-state index contributed by atoms with van der Waals surface area (Å²) >= 11 is 0. The smallest absolute Gasteiger partial charge is 0.254 e. The van der Waals surface area contributed by atoms with Gasteiger partial charge in [-0.3, -0.25) is 4.79 Å². The zero-order valence-electron chi connectivity index (χ0n) is 18.0. The molecule has 164 valence electrons. The summed E-state index contributed by atoms with van der Waals surface area (Å²) in [5.41, 5.74) is 14.5. The number of hydrogen-bond acceptors (Lipinski definition) is 6. The summed E-state index contributed by atoms with van der Waals surface area (Å²) < 4.78 is 7.55. The van der Waals surface area contributed by atoms with E-state index in [-0.39, 0.29) is 17.4 Å². The van der Waals surface area contributed by atoms with E-state index in [1.807, 2.05) is 48.5 Å². The van der Waals surface area contributed by atoms with Crippen LogP contribution in [0.1, 0.15) is 41.7 Å². The first kappa shape index (κ1) is 21.2. The molecule has 0 unspecified atom stereocenters. The lowest BCUT2D eigenvalue weighted by atomic mass is 10.1. The molecule has 4 N–H and O–H groups in total. The Balaban J connectivity index is 1.61. The number of primary amides is 1. The van der Waals surface area contributed by atoms with E-state index >= 15 is 0 Å². The van der Waals surface area contributed by atoms with Crippen molar-refractivity contribution in [2.45, 2.75) is 32.2 Å². The monoisotopic (exact) mass is 430 g/mol. The van der Waals surface area contributed by atoms with Crippen LogP contribution in [-0.2, 0) is 6.42 Å². The number of nitriles is 1. The summed E-state index contributed by atoms with van der Waals surface area (Å²) in [6, 6.07) is 15.2. The van der Waals surface area contributed by atoms with Gasteiger partial charge in [0.25, 0.3) is 5.91 Å². The van der Waals surface area contributed by atoms with Crippen LogP contribution in [0.2, 0.25) is 0 Å². The van der Waals surface area contributed by atoms with Crippen LogP contribution < -0.4 is 16.2 Å². The first-order chi connectivity index (χ1) is 15.5. The van der Waals surface area contributed by atoms with Gasteiger partial charge in [-0.25, -0.2) is 4.68 Å². The highest BCUT2D eigenvalue weighted by Gasteiger charge is 2.28. The number of benzene rings is 2. The van der Waals surface area contributed by atoms with E-state index in [0.717, 1.165) is 25.0 Å². The van der Waals surface area contributed by atoms with Gasteiger partial charge in [0.15, 0.2) is 6.19 Å². The average Bonchev–Trinajstić information content (AvgIpc) is 3.17. The van der Waals surface area contributed by atoms with E-state index in [1.165, 1.54) is 5.56 Å². The maximum absolute atomic E-state index is 12.2. The summed E-state index contributed by atoms with van der Waals surface area (Å²) in [5, 5.41) is 13.9. The van der Waals surface area contributed by atoms with Crippen LogP contribution in [0.3, 0.4) is 0 Å². The van der Waals surface area contributed by atoms with Crippen LogP contribution in [0.4, 0.5) is 5.82 Å². The van der Waals surface area contributed by atoms with Crippen LogP contribution in [-0.4, -0.2) is 33.7 Å². The van der Waals surface area contributed by atoms with Gasteiger partial charge in [0, 0.05) is 12.1 Å². The molecule has 0 saturated carbocycles. The number of nitrogen functional groups attached to an aromatic ring is 1. The van der Waals surface area contributed by atoms with E-state index in [1.54, 1.807) is 9.58 Å². The number of piperidine rings is 1. The fourth-order valence-corrected chi connectivity index (χ4v) is 4.03. The predicted octanol–water partition coefficient (Wildman–Crippen LogP) is 3.70. The number of aromatic nitrogens is 2. The normalized spacial score (nSPS) is 15.9. The SMILES string of the molecule is CCc1ccc(Oc2ccc(-c3nn([C@H]4CCCN(C#N)C4)c(N)c3C(N)=O)cc2)cc1. The van der Waals surface area contributed by atoms with Gasteiger partial charge in [-0.15, -0.1) is 0 Å². The third-order valence-electron chi connectivity index (χ3n) is 5.77. The van der Waals surface area contributed by atoms with Gasteiger partial charge in [-0.05, 0) is 61.2 Å². The van der Waals surface area contributed by atoms with Crippen LogP contribution in [0.5, 0.6) is 11.5 Å². The lowest BCUT2D eigenvalue weighted by Gasteiger charge is -2.29. The summed E-state index contributed by atoms with van der Waals surface area (Å²) in [7, 11) is 0. The van der Waals surface area contributed by atoms with Gasteiger partial charge >= 0.3 is 0 Å². The minimum Gasteiger partial charge on any atom is -0.457 e. The minimum absolute atomic E-state index is 0.0936. The Morgan fingerprint density at radius 1 is 1.19 bits per heavy atom. The van der Waals surface area contributed by atoms with Gasteiger partial charge < -0.3 is 21.1 Å². The van der Waals surface area contributed by atoms with Gasteiger partial charge in [0.05, 0.1) is 12.6 Å². The molecule has 1 amide bonds. The first-order valence-electron chi connectivity index (χ1n) is 10.7. The van der Waals surface area contributed by atoms with Crippen molar-refractivity contribution in [3.05, 3.63) is 59.7 Å². The van der Waals surface area contributed by atoms with Gasteiger partial charge in [0.2, 0.25) is 0 Å². The molecule has 1 atom stereocenters. The molecule has 4 rings (SSSR count). The molecule has 1 fully saturated rings. The van der Waals surface area contributed by atoms with Crippen LogP contribution in [0, 0.1) is 11.5 Å². The summed E-state index contributed by atoms with van der Waals surface area (Å²) in [6.45, 7) is 3.33. The van der Waals surface area contributed by atoms with Crippen molar-refractivity contribution in [3.8, 4) is 28.9 Å². The second-order valence-electron chi connectivity index (χ2n) is 7.88. The van der Waals surface area contributed by atoms with Crippen molar-refractivity contribution < 1.29 is 9.53 Å². The molecule has 1 saturated heterocycles.